The number of carbonyl (C=O) groups excluding carboxylic acids is 1. The minimum absolute atomic E-state index is 0.182. The number of aliphatic hydroxyl groups is 2. The molecule has 1 heterocycles. The molecule has 0 radical (unpaired) electrons. The molecule has 2 amide bonds. The summed E-state index contributed by atoms with van der Waals surface area (Å²) in [6, 6.07) is 2.48. The van der Waals surface area contributed by atoms with Crippen molar-refractivity contribution >= 4 is 11.7 Å². The summed E-state index contributed by atoms with van der Waals surface area (Å²) in [7, 11) is 1.54. The summed E-state index contributed by atoms with van der Waals surface area (Å²) in [5, 5.41) is 25.0. The molecule has 0 aromatic carbocycles. The van der Waals surface area contributed by atoms with Crippen LogP contribution in [0.15, 0.2) is 24.5 Å². The predicted octanol–water partition coefficient (Wildman–Crippen LogP) is -0.0402. The largest absolute Gasteiger partial charge is 0.390 e. The maximum absolute atomic E-state index is 11.8. The SMILES string of the molecule is COC[C@H]1C[C@@H](NC(=O)Nc2cccnc2)[C@H](O)[C@@H]1O. The van der Waals surface area contributed by atoms with Crippen LogP contribution in [0.1, 0.15) is 6.42 Å². The minimum Gasteiger partial charge on any atom is -0.390 e. The minimum atomic E-state index is -0.991. The van der Waals surface area contributed by atoms with E-state index in [1.54, 1.807) is 18.3 Å². The molecule has 1 saturated carbocycles. The summed E-state index contributed by atoms with van der Waals surface area (Å²) in [5.74, 6) is -0.182. The standard InChI is InChI=1S/C13H19N3O4/c1-20-7-8-5-10(12(18)11(8)17)16-13(19)15-9-3-2-4-14-6-9/h2-4,6,8,10-12,17-18H,5,7H2,1H3,(H2,15,16,19)/t8-,10-,11-,12+/m1/s1. The highest BCUT2D eigenvalue weighted by molar-refractivity contribution is 5.89. The molecule has 0 saturated heterocycles. The quantitative estimate of drug-likeness (QED) is 0.620. The van der Waals surface area contributed by atoms with Gasteiger partial charge in [-0.15, -0.1) is 0 Å². The lowest BCUT2D eigenvalue weighted by Crippen LogP contribution is -2.44. The van der Waals surface area contributed by atoms with Gasteiger partial charge in [0.2, 0.25) is 0 Å². The lowest BCUT2D eigenvalue weighted by Gasteiger charge is -2.18. The molecule has 110 valence electrons. The molecule has 0 unspecified atom stereocenters. The summed E-state index contributed by atoms with van der Waals surface area (Å²) in [4.78, 5) is 15.7. The molecular weight excluding hydrogens is 262 g/mol. The number of pyridine rings is 1. The van der Waals surface area contributed by atoms with Gasteiger partial charge in [-0.3, -0.25) is 4.98 Å². The van der Waals surface area contributed by atoms with E-state index in [2.05, 4.69) is 15.6 Å². The summed E-state index contributed by atoms with van der Waals surface area (Å²) in [5.41, 5.74) is 0.562. The Morgan fingerprint density at radius 2 is 2.30 bits per heavy atom. The summed E-state index contributed by atoms with van der Waals surface area (Å²) in [6.45, 7) is 0.348. The highest BCUT2D eigenvalue weighted by Crippen LogP contribution is 2.27. The van der Waals surface area contributed by atoms with Crippen molar-refractivity contribution in [2.45, 2.75) is 24.7 Å². The smallest absolute Gasteiger partial charge is 0.319 e. The number of hydrogen-bond donors (Lipinski definition) is 4. The number of amides is 2. The number of aromatic nitrogens is 1. The number of nitrogens with one attached hydrogen (secondary N) is 2. The second-order valence-corrected chi connectivity index (χ2v) is 4.88. The molecule has 0 aliphatic heterocycles. The molecule has 1 aliphatic rings. The number of hydrogen-bond acceptors (Lipinski definition) is 5. The van der Waals surface area contributed by atoms with Gasteiger partial charge in [0.1, 0.15) is 6.10 Å². The maximum atomic E-state index is 11.8. The summed E-state index contributed by atoms with van der Waals surface area (Å²) in [6.07, 6.45) is 1.72. The van der Waals surface area contributed by atoms with Gasteiger partial charge in [-0.1, -0.05) is 0 Å². The molecule has 0 bridgehead atoms. The number of anilines is 1. The molecule has 1 fully saturated rings. The molecule has 4 N–H and O–H groups in total. The van der Waals surface area contributed by atoms with Crippen molar-refractivity contribution in [2.75, 3.05) is 19.0 Å². The van der Waals surface area contributed by atoms with Crippen LogP contribution in [-0.4, -0.2) is 53.2 Å². The normalized spacial score (nSPS) is 29.1. The van der Waals surface area contributed by atoms with Crippen LogP contribution in [0.2, 0.25) is 0 Å². The number of carbonyl (C=O) groups is 1. The van der Waals surface area contributed by atoms with E-state index in [0.29, 0.717) is 18.7 Å². The zero-order valence-electron chi connectivity index (χ0n) is 11.2. The van der Waals surface area contributed by atoms with Crippen LogP contribution in [0.25, 0.3) is 0 Å². The fourth-order valence-corrected chi connectivity index (χ4v) is 2.42. The molecule has 20 heavy (non-hydrogen) atoms. The van der Waals surface area contributed by atoms with Gasteiger partial charge in [0.15, 0.2) is 0 Å². The van der Waals surface area contributed by atoms with E-state index in [9.17, 15) is 15.0 Å². The molecule has 1 aromatic heterocycles. The first-order valence-corrected chi connectivity index (χ1v) is 6.44. The number of aliphatic hydroxyl groups excluding tert-OH is 2. The van der Waals surface area contributed by atoms with Crippen LogP contribution in [0.3, 0.4) is 0 Å². The van der Waals surface area contributed by atoms with Crippen molar-refractivity contribution in [1.29, 1.82) is 0 Å². The Balaban J connectivity index is 1.88. The van der Waals surface area contributed by atoms with Crippen molar-refractivity contribution in [3.05, 3.63) is 24.5 Å². The Bertz CT molecular complexity index is 443. The third-order valence-corrected chi connectivity index (χ3v) is 3.42. The fraction of sp³-hybridized carbons (Fsp3) is 0.538. The molecule has 4 atom stereocenters. The van der Waals surface area contributed by atoms with Crippen molar-refractivity contribution in [2.24, 2.45) is 5.92 Å². The molecule has 7 nitrogen and oxygen atoms in total. The Labute approximate surface area is 117 Å². The fourth-order valence-electron chi connectivity index (χ4n) is 2.42. The Morgan fingerprint density at radius 1 is 1.50 bits per heavy atom. The number of rotatable bonds is 4. The van der Waals surface area contributed by atoms with E-state index < -0.39 is 24.3 Å². The van der Waals surface area contributed by atoms with Crippen molar-refractivity contribution < 1.29 is 19.7 Å². The highest BCUT2D eigenvalue weighted by atomic mass is 16.5. The van der Waals surface area contributed by atoms with Crippen LogP contribution < -0.4 is 10.6 Å². The van der Waals surface area contributed by atoms with Gasteiger partial charge in [-0.2, -0.15) is 0 Å². The molecule has 7 heteroatoms. The van der Waals surface area contributed by atoms with Gasteiger partial charge in [-0.25, -0.2) is 4.79 Å². The topological polar surface area (TPSA) is 104 Å². The van der Waals surface area contributed by atoms with Crippen LogP contribution in [0.4, 0.5) is 10.5 Å². The second kappa shape index (κ2) is 6.65. The average Bonchev–Trinajstić information content (AvgIpc) is 2.69. The van der Waals surface area contributed by atoms with Crippen LogP contribution in [0, 0.1) is 5.92 Å². The van der Waals surface area contributed by atoms with Gasteiger partial charge in [-0.05, 0) is 18.6 Å². The van der Waals surface area contributed by atoms with Crippen LogP contribution >= 0.6 is 0 Å². The monoisotopic (exact) mass is 281 g/mol. The summed E-state index contributed by atoms with van der Waals surface area (Å²) >= 11 is 0. The lowest BCUT2D eigenvalue weighted by molar-refractivity contribution is -0.00487. The number of nitrogens with zero attached hydrogens (tertiary/aromatic N) is 1. The van der Waals surface area contributed by atoms with E-state index in [0.717, 1.165) is 0 Å². The number of urea groups is 1. The van der Waals surface area contributed by atoms with Gasteiger partial charge in [0, 0.05) is 19.2 Å². The lowest BCUT2D eigenvalue weighted by atomic mass is 10.1. The van der Waals surface area contributed by atoms with Crippen molar-refractivity contribution in [1.82, 2.24) is 10.3 Å². The average molecular weight is 281 g/mol. The first-order chi connectivity index (χ1) is 9.61. The van der Waals surface area contributed by atoms with E-state index in [-0.39, 0.29) is 5.92 Å². The zero-order chi connectivity index (χ0) is 14.5. The molecule has 1 aromatic rings. The Kier molecular flexibility index (Phi) is 4.89. The van der Waals surface area contributed by atoms with E-state index in [1.165, 1.54) is 13.3 Å². The van der Waals surface area contributed by atoms with Crippen molar-refractivity contribution in [3.8, 4) is 0 Å². The first-order valence-electron chi connectivity index (χ1n) is 6.44. The van der Waals surface area contributed by atoms with Crippen LogP contribution in [0.5, 0.6) is 0 Å². The second-order valence-electron chi connectivity index (χ2n) is 4.88. The number of ether oxygens (including phenoxy) is 1. The molecular formula is C13H19N3O4. The van der Waals surface area contributed by atoms with E-state index in [4.69, 9.17) is 4.74 Å². The van der Waals surface area contributed by atoms with E-state index in [1.807, 2.05) is 0 Å². The van der Waals surface area contributed by atoms with Crippen molar-refractivity contribution in [3.63, 3.8) is 0 Å². The maximum Gasteiger partial charge on any atom is 0.319 e. The van der Waals surface area contributed by atoms with E-state index >= 15 is 0 Å². The molecule has 2 rings (SSSR count). The Morgan fingerprint density at radius 3 is 2.95 bits per heavy atom. The predicted molar refractivity (Wildman–Crippen MR) is 72.2 cm³/mol. The first kappa shape index (κ1) is 14.7. The highest BCUT2D eigenvalue weighted by Gasteiger charge is 2.41. The third kappa shape index (κ3) is 3.44. The van der Waals surface area contributed by atoms with Crippen LogP contribution in [-0.2, 0) is 4.74 Å². The summed E-state index contributed by atoms with van der Waals surface area (Å²) < 4.78 is 4.99. The zero-order valence-corrected chi connectivity index (χ0v) is 11.2. The van der Waals surface area contributed by atoms with Gasteiger partial charge < -0.3 is 25.6 Å². The van der Waals surface area contributed by atoms with Gasteiger partial charge >= 0.3 is 6.03 Å². The molecule has 0 spiro atoms. The third-order valence-electron chi connectivity index (χ3n) is 3.42. The van der Waals surface area contributed by atoms with Gasteiger partial charge in [0.25, 0.3) is 0 Å². The number of methoxy groups -OCH3 is 1. The molecule has 1 aliphatic carbocycles. The Hall–Kier alpha value is -1.70. The van der Waals surface area contributed by atoms with Gasteiger partial charge in [0.05, 0.1) is 30.6 Å².